The Balaban J connectivity index is 2.56. The molecule has 0 radical (unpaired) electrons. The summed E-state index contributed by atoms with van der Waals surface area (Å²) in [6.07, 6.45) is 1.37. The summed E-state index contributed by atoms with van der Waals surface area (Å²) in [5, 5.41) is 11.9. The van der Waals surface area contributed by atoms with Gasteiger partial charge in [0, 0.05) is 38.0 Å². The van der Waals surface area contributed by atoms with E-state index in [-0.39, 0.29) is 12.3 Å². The summed E-state index contributed by atoms with van der Waals surface area (Å²) in [5.41, 5.74) is 4.19. The topological polar surface area (TPSA) is 102 Å². The van der Waals surface area contributed by atoms with E-state index in [9.17, 15) is 14.7 Å². The quantitative estimate of drug-likeness (QED) is 0.656. The van der Waals surface area contributed by atoms with Gasteiger partial charge >= 0.3 is 5.97 Å². The predicted molar refractivity (Wildman–Crippen MR) is 66.1 cm³/mol. The monoisotopic (exact) mass is 258 g/mol. The van der Waals surface area contributed by atoms with Gasteiger partial charge in [0.25, 0.3) is 0 Å². The smallest absolute Gasteiger partial charge is 0.329 e. The van der Waals surface area contributed by atoms with Gasteiger partial charge in [-0.1, -0.05) is 0 Å². The molecule has 0 saturated carbocycles. The van der Waals surface area contributed by atoms with Crippen LogP contribution in [0.5, 0.6) is 0 Å². The summed E-state index contributed by atoms with van der Waals surface area (Å²) in [7, 11) is 0. The molecule has 1 amide bonds. The zero-order valence-corrected chi connectivity index (χ0v) is 11.0. The molecule has 1 saturated heterocycles. The van der Waals surface area contributed by atoms with Gasteiger partial charge in [-0.15, -0.1) is 0 Å². The van der Waals surface area contributed by atoms with Crippen LogP contribution in [0.4, 0.5) is 0 Å². The third-order valence-electron chi connectivity index (χ3n) is 3.13. The summed E-state index contributed by atoms with van der Waals surface area (Å²) in [6, 6.07) is 0. The Morgan fingerprint density at radius 3 is 2.39 bits per heavy atom. The molecule has 18 heavy (non-hydrogen) atoms. The maximum Gasteiger partial charge on any atom is 0.329 e. The average Bonchev–Trinajstić information content (AvgIpc) is 2.26. The summed E-state index contributed by atoms with van der Waals surface area (Å²) in [5.74, 6) is -1.26. The Kier molecular flexibility index (Phi) is 4.70. The fraction of sp³-hybridized carbons (Fsp3) is 0.833. The molecule has 0 unspecified atom stereocenters. The zero-order valence-electron chi connectivity index (χ0n) is 11.0. The number of aliphatic carboxylic acids is 1. The van der Waals surface area contributed by atoms with Gasteiger partial charge in [0.05, 0.1) is 0 Å². The minimum atomic E-state index is -1.17. The van der Waals surface area contributed by atoms with Crippen molar-refractivity contribution in [2.45, 2.75) is 50.6 Å². The predicted octanol–water partition coefficient (Wildman–Crippen LogP) is 0.254. The molecule has 0 aromatic rings. The molecule has 6 nitrogen and oxygen atoms in total. The Morgan fingerprint density at radius 2 is 1.94 bits per heavy atom. The van der Waals surface area contributed by atoms with Crippen molar-refractivity contribution in [2.75, 3.05) is 13.2 Å². The number of carbonyl (C=O) groups is 2. The Labute approximate surface area is 107 Å². The number of ether oxygens (including phenoxy) is 1. The Morgan fingerprint density at radius 1 is 1.39 bits per heavy atom. The van der Waals surface area contributed by atoms with Crippen LogP contribution < -0.4 is 11.1 Å². The average molecular weight is 258 g/mol. The first-order valence-corrected chi connectivity index (χ1v) is 6.16. The van der Waals surface area contributed by atoms with Crippen LogP contribution in [0.25, 0.3) is 0 Å². The molecule has 0 atom stereocenters. The van der Waals surface area contributed by atoms with E-state index in [1.165, 1.54) is 0 Å². The molecule has 1 rings (SSSR count). The van der Waals surface area contributed by atoms with Crippen molar-refractivity contribution in [2.24, 2.45) is 5.73 Å². The number of nitrogens with two attached hydrogens (primary N) is 1. The summed E-state index contributed by atoms with van der Waals surface area (Å²) >= 11 is 0. The van der Waals surface area contributed by atoms with E-state index in [0.717, 1.165) is 0 Å². The lowest BCUT2D eigenvalue weighted by Gasteiger charge is -2.34. The van der Waals surface area contributed by atoms with E-state index in [2.05, 4.69) is 5.32 Å². The van der Waals surface area contributed by atoms with Crippen LogP contribution in [0, 0.1) is 0 Å². The molecule has 104 valence electrons. The van der Waals surface area contributed by atoms with E-state index in [4.69, 9.17) is 10.5 Å². The summed E-state index contributed by atoms with van der Waals surface area (Å²) in [4.78, 5) is 23.1. The zero-order chi connectivity index (χ0) is 13.8. The molecule has 1 fully saturated rings. The lowest BCUT2D eigenvalue weighted by molar-refractivity contribution is -0.152. The van der Waals surface area contributed by atoms with Gasteiger partial charge in [-0.2, -0.15) is 0 Å². The van der Waals surface area contributed by atoms with Crippen molar-refractivity contribution in [1.29, 1.82) is 0 Å². The maximum atomic E-state index is 11.8. The maximum absolute atomic E-state index is 11.8. The van der Waals surface area contributed by atoms with Crippen molar-refractivity contribution in [3.8, 4) is 0 Å². The molecule has 6 heteroatoms. The minimum Gasteiger partial charge on any atom is -0.480 e. The van der Waals surface area contributed by atoms with Crippen molar-refractivity contribution >= 4 is 11.9 Å². The molecule has 0 aromatic heterocycles. The molecule has 1 heterocycles. The SMILES string of the molecule is CC(C)(N)CCC(=O)NC1(C(=O)O)CCOCC1. The van der Waals surface area contributed by atoms with E-state index < -0.39 is 17.0 Å². The van der Waals surface area contributed by atoms with Gasteiger partial charge in [0.1, 0.15) is 5.54 Å². The molecular weight excluding hydrogens is 236 g/mol. The van der Waals surface area contributed by atoms with Gasteiger partial charge in [-0.3, -0.25) is 4.79 Å². The fourth-order valence-corrected chi connectivity index (χ4v) is 1.88. The highest BCUT2D eigenvalue weighted by Gasteiger charge is 2.41. The van der Waals surface area contributed by atoms with Crippen molar-refractivity contribution in [3.63, 3.8) is 0 Å². The van der Waals surface area contributed by atoms with Gasteiger partial charge in [0.15, 0.2) is 0 Å². The van der Waals surface area contributed by atoms with Gasteiger partial charge in [-0.05, 0) is 20.3 Å². The Bertz CT molecular complexity index is 317. The highest BCUT2D eigenvalue weighted by atomic mass is 16.5. The van der Waals surface area contributed by atoms with Crippen LogP contribution in [0.15, 0.2) is 0 Å². The molecule has 0 aromatic carbocycles. The first-order chi connectivity index (χ1) is 8.25. The van der Waals surface area contributed by atoms with Gasteiger partial charge < -0.3 is 20.9 Å². The lowest BCUT2D eigenvalue weighted by atomic mass is 9.89. The molecule has 0 bridgehead atoms. The third kappa shape index (κ3) is 4.27. The largest absolute Gasteiger partial charge is 0.480 e. The molecular formula is C12H22N2O4. The van der Waals surface area contributed by atoms with Crippen LogP contribution in [-0.2, 0) is 14.3 Å². The first-order valence-electron chi connectivity index (χ1n) is 6.16. The van der Waals surface area contributed by atoms with Gasteiger partial charge in [-0.25, -0.2) is 4.79 Å². The number of carbonyl (C=O) groups excluding carboxylic acids is 1. The number of hydrogen-bond acceptors (Lipinski definition) is 4. The van der Waals surface area contributed by atoms with E-state index in [1.807, 2.05) is 13.8 Å². The van der Waals surface area contributed by atoms with Crippen LogP contribution in [0.3, 0.4) is 0 Å². The third-order valence-corrected chi connectivity index (χ3v) is 3.13. The molecule has 1 aliphatic rings. The molecule has 0 spiro atoms. The molecule has 4 N–H and O–H groups in total. The number of hydrogen-bond donors (Lipinski definition) is 3. The molecule has 1 aliphatic heterocycles. The van der Waals surface area contributed by atoms with E-state index in [1.54, 1.807) is 0 Å². The number of rotatable bonds is 5. The molecule has 0 aliphatic carbocycles. The van der Waals surface area contributed by atoms with Crippen molar-refractivity contribution in [3.05, 3.63) is 0 Å². The van der Waals surface area contributed by atoms with Crippen LogP contribution >= 0.6 is 0 Å². The van der Waals surface area contributed by atoms with E-state index in [0.29, 0.717) is 32.5 Å². The number of amides is 1. The number of nitrogens with one attached hydrogen (secondary N) is 1. The number of carboxylic acid groups (broad SMARTS) is 1. The normalized spacial score (nSPS) is 19.3. The van der Waals surface area contributed by atoms with E-state index >= 15 is 0 Å². The Hall–Kier alpha value is -1.14. The lowest BCUT2D eigenvalue weighted by Crippen LogP contribution is -2.57. The second-order valence-corrected chi connectivity index (χ2v) is 5.54. The second kappa shape index (κ2) is 5.67. The summed E-state index contributed by atoms with van der Waals surface area (Å²) < 4.78 is 5.14. The second-order valence-electron chi connectivity index (χ2n) is 5.54. The highest BCUT2D eigenvalue weighted by molar-refractivity contribution is 5.87. The van der Waals surface area contributed by atoms with Crippen LogP contribution in [0.2, 0.25) is 0 Å². The van der Waals surface area contributed by atoms with Crippen LogP contribution in [-0.4, -0.2) is 41.3 Å². The fourth-order valence-electron chi connectivity index (χ4n) is 1.88. The first kappa shape index (κ1) is 14.9. The van der Waals surface area contributed by atoms with Crippen molar-refractivity contribution in [1.82, 2.24) is 5.32 Å². The summed E-state index contributed by atoms with van der Waals surface area (Å²) in [6.45, 7) is 4.38. The minimum absolute atomic E-state index is 0.236. The standard InChI is InChI=1S/C12H22N2O4/c1-11(2,13)4-3-9(15)14-12(10(16)17)5-7-18-8-6-12/h3-8,13H2,1-2H3,(H,14,15)(H,16,17). The number of carboxylic acids is 1. The highest BCUT2D eigenvalue weighted by Crippen LogP contribution is 2.21. The van der Waals surface area contributed by atoms with Crippen molar-refractivity contribution < 1.29 is 19.4 Å². The van der Waals surface area contributed by atoms with Gasteiger partial charge in [0.2, 0.25) is 5.91 Å². The van der Waals surface area contributed by atoms with Crippen LogP contribution in [0.1, 0.15) is 39.5 Å².